The number of aliphatic hydroxyl groups is 4. The van der Waals surface area contributed by atoms with Crippen LogP contribution in [0.25, 0.3) is 0 Å². The van der Waals surface area contributed by atoms with Crippen molar-refractivity contribution in [1.82, 2.24) is 0 Å². The van der Waals surface area contributed by atoms with Crippen molar-refractivity contribution in [2.75, 3.05) is 19.1 Å². The van der Waals surface area contributed by atoms with Crippen molar-refractivity contribution in [3.63, 3.8) is 0 Å². The lowest BCUT2D eigenvalue weighted by Gasteiger charge is -2.17. The summed E-state index contributed by atoms with van der Waals surface area (Å²) in [5.74, 6) is 1.74. The summed E-state index contributed by atoms with van der Waals surface area (Å²) in [6.45, 7) is 10.4. The van der Waals surface area contributed by atoms with E-state index in [-0.39, 0.29) is 6.61 Å². The number of hydrogen-bond donors (Lipinski definition) is 6. The van der Waals surface area contributed by atoms with Gasteiger partial charge in [0, 0.05) is 6.42 Å². The number of aliphatic hydroxyl groups excluding tert-OH is 3. The molecule has 0 aromatic heterocycles. The van der Waals surface area contributed by atoms with Crippen molar-refractivity contribution in [3.8, 4) is 11.5 Å². The lowest BCUT2D eigenvalue weighted by Crippen LogP contribution is -2.24. The highest BCUT2D eigenvalue weighted by Gasteiger charge is 2.14. The van der Waals surface area contributed by atoms with E-state index in [0.29, 0.717) is 18.9 Å². The maximum Gasteiger partial charge on any atom is 0.261 e. The highest BCUT2D eigenvalue weighted by molar-refractivity contribution is 7.85. The van der Waals surface area contributed by atoms with Crippen LogP contribution in [0.1, 0.15) is 48.0 Å². The predicted molar refractivity (Wildman–Crippen MR) is 151 cm³/mol. The second kappa shape index (κ2) is 24.0. The Morgan fingerprint density at radius 3 is 1.11 bits per heavy atom. The van der Waals surface area contributed by atoms with Gasteiger partial charge in [0.1, 0.15) is 11.5 Å². The fourth-order valence-electron chi connectivity index (χ4n) is 1.84. The molecule has 0 aliphatic rings. The Balaban J connectivity index is -0.000000201. The molecular weight excluding hydrogens is 540 g/mol. The number of hydrogen-bond acceptors (Lipinski definition) is 9. The molecule has 0 fully saturated rings. The van der Waals surface area contributed by atoms with E-state index in [9.17, 15) is 16.8 Å². The first kappa shape index (κ1) is 43.0. The normalized spacial score (nSPS) is 11.8. The third-order valence-corrected chi connectivity index (χ3v) is 2.78. The molecule has 13 heteroatoms. The van der Waals surface area contributed by atoms with Gasteiger partial charge in [-0.15, -0.1) is 0 Å². The van der Waals surface area contributed by atoms with Gasteiger partial charge < -0.3 is 25.2 Å². The van der Waals surface area contributed by atoms with Crippen LogP contribution in [-0.4, -0.2) is 83.3 Å². The number of rotatable bonds is 5. The zero-order chi connectivity index (χ0) is 31.0. The highest BCUT2D eigenvalue weighted by atomic mass is 32.2. The Labute approximate surface area is 228 Å². The van der Waals surface area contributed by atoms with E-state index >= 15 is 0 Å². The van der Waals surface area contributed by atoms with Crippen LogP contribution in [-0.2, 0) is 20.2 Å². The number of benzene rings is 2. The van der Waals surface area contributed by atoms with Gasteiger partial charge in [0.25, 0.3) is 20.2 Å². The molecule has 38 heavy (non-hydrogen) atoms. The molecule has 0 heterocycles. The molecule has 0 saturated heterocycles. The monoisotopic (exact) mass is 586 g/mol. The molecule has 0 saturated carbocycles. The summed E-state index contributed by atoms with van der Waals surface area (Å²) in [5.41, 5.74) is -0.728. The molecule has 2 rings (SSSR count). The molecular formula is C25H46O11S2. The minimum absolute atomic E-state index is 0.139. The van der Waals surface area contributed by atoms with Crippen LogP contribution in [0.15, 0.2) is 60.7 Å². The molecule has 2 aromatic carbocycles. The van der Waals surface area contributed by atoms with Gasteiger partial charge in [-0.25, -0.2) is 0 Å². The van der Waals surface area contributed by atoms with Gasteiger partial charge in [-0.3, -0.25) is 9.11 Å². The van der Waals surface area contributed by atoms with Crippen molar-refractivity contribution >= 4 is 20.2 Å². The smallest absolute Gasteiger partial charge is 0.261 e. The first-order valence-corrected chi connectivity index (χ1v) is 15.2. The third kappa shape index (κ3) is 59.2. The number of para-hydroxylation sites is 2. The second-order valence-corrected chi connectivity index (χ2v) is 11.0. The van der Waals surface area contributed by atoms with Crippen molar-refractivity contribution in [2.45, 2.75) is 65.8 Å². The molecule has 0 bridgehead atoms. The van der Waals surface area contributed by atoms with E-state index in [2.05, 4.69) is 0 Å². The maximum absolute atomic E-state index is 9.19. The van der Waals surface area contributed by atoms with E-state index in [1.54, 1.807) is 20.8 Å². The lowest BCUT2D eigenvalue weighted by atomic mass is 10.0. The quantitative estimate of drug-likeness (QED) is 0.281. The van der Waals surface area contributed by atoms with Gasteiger partial charge in [0.2, 0.25) is 0 Å². The molecule has 0 aliphatic heterocycles. The minimum atomic E-state index is -3.67. The molecule has 0 aliphatic carbocycles. The van der Waals surface area contributed by atoms with Crippen LogP contribution >= 0.6 is 0 Å². The molecule has 2 unspecified atom stereocenters. The predicted octanol–water partition coefficient (Wildman–Crippen LogP) is 3.40. The Morgan fingerprint density at radius 2 is 0.974 bits per heavy atom. The Kier molecular flexibility index (Phi) is 27.1. The molecule has 6 N–H and O–H groups in total. The summed E-state index contributed by atoms with van der Waals surface area (Å²) in [6.07, 6.45) is 0.900. The molecule has 2 aromatic rings. The maximum atomic E-state index is 9.19. The van der Waals surface area contributed by atoms with Crippen LogP contribution in [0.2, 0.25) is 0 Å². The van der Waals surface area contributed by atoms with Crippen LogP contribution in [0, 0.1) is 0 Å². The average molecular weight is 587 g/mol. The SMILES string of the molecule is CC.CC(O)CC(C)(C)O.CC(O)CO.CS(=O)(=O)O.CS(=O)(=O)O.c1ccc(Oc2ccccc2)cc1. The number of ether oxygens (including phenoxy) is 1. The van der Waals surface area contributed by atoms with Crippen LogP contribution in [0.5, 0.6) is 11.5 Å². The fourth-order valence-corrected chi connectivity index (χ4v) is 1.84. The van der Waals surface area contributed by atoms with Gasteiger partial charge in [-0.05, 0) is 52.0 Å². The van der Waals surface area contributed by atoms with Crippen molar-refractivity contribution in [1.29, 1.82) is 0 Å². The lowest BCUT2D eigenvalue weighted by molar-refractivity contribution is 0.0248. The van der Waals surface area contributed by atoms with E-state index < -0.39 is 38.0 Å². The molecule has 11 nitrogen and oxygen atoms in total. The largest absolute Gasteiger partial charge is 0.457 e. The third-order valence-electron chi connectivity index (χ3n) is 2.78. The summed E-state index contributed by atoms with van der Waals surface area (Å²) in [4.78, 5) is 0. The summed E-state index contributed by atoms with van der Waals surface area (Å²) in [5, 5.41) is 33.8. The fraction of sp³-hybridized carbons (Fsp3) is 0.520. The standard InChI is InChI=1S/C12H10O.C6H14O2.C3H8O2.C2H6.2CH4O3S/c1-3-7-11(8-4-1)13-12-9-5-2-6-10-12;1-5(7)4-6(2,3)8;1-3(5)2-4;1-2;2*1-5(2,3)4/h1-10H;5,7-8H,4H2,1-3H3;3-5H,2H2,1H3;1-2H3;2*1H3,(H,2,3,4). The zero-order valence-electron chi connectivity index (χ0n) is 23.4. The van der Waals surface area contributed by atoms with Crippen LogP contribution < -0.4 is 4.74 Å². The molecule has 0 spiro atoms. The van der Waals surface area contributed by atoms with E-state index in [4.69, 9.17) is 34.3 Å². The zero-order valence-corrected chi connectivity index (χ0v) is 25.0. The van der Waals surface area contributed by atoms with E-state index in [1.807, 2.05) is 74.5 Å². The van der Waals surface area contributed by atoms with Crippen molar-refractivity contribution < 1.29 is 51.1 Å². The minimum Gasteiger partial charge on any atom is -0.457 e. The van der Waals surface area contributed by atoms with Gasteiger partial charge in [0.15, 0.2) is 0 Å². The molecule has 224 valence electrons. The van der Waals surface area contributed by atoms with Crippen molar-refractivity contribution in [3.05, 3.63) is 60.7 Å². The first-order chi connectivity index (χ1) is 17.1. The van der Waals surface area contributed by atoms with Crippen LogP contribution in [0.3, 0.4) is 0 Å². The van der Waals surface area contributed by atoms with E-state index in [0.717, 1.165) is 11.5 Å². The average Bonchev–Trinajstić information content (AvgIpc) is 2.73. The van der Waals surface area contributed by atoms with E-state index in [1.165, 1.54) is 6.92 Å². The van der Waals surface area contributed by atoms with Crippen LogP contribution in [0.4, 0.5) is 0 Å². The second-order valence-electron chi connectivity index (χ2n) is 8.09. The topological polar surface area (TPSA) is 199 Å². The highest BCUT2D eigenvalue weighted by Crippen LogP contribution is 2.19. The Morgan fingerprint density at radius 1 is 0.737 bits per heavy atom. The summed E-state index contributed by atoms with van der Waals surface area (Å²) >= 11 is 0. The molecule has 2 atom stereocenters. The van der Waals surface area contributed by atoms with Crippen molar-refractivity contribution in [2.24, 2.45) is 0 Å². The Bertz CT molecular complexity index is 887. The Hall–Kier alpha value is -2.10. The summed E-state index contributed by atoms with van der Waals surface area (Å²) in [6, 6.07) is 19.5. The first-order valence-electron chi connectivity index (χ1n) is 11.5. The van der Waals surface area contributed by atoms with Gasteiger partial charge in [0.05, 0.1) is 36.9 Å². The van der Waals surface area contributed by atoms with Gasteiger partial charge in [-0.1, -0.05) is 50.2 Å². The molecule has 0 radical (unpaired) electrons. The van der Waals surface area contributed by atoms with Gasteiger partial charge >= 0.3 is 0 Å². The molecule has 0 amide bonds. The summed E-state index contributed by atoms with van der Waals surface area (Å²) < 4.78 is 57.3. The summed E-state index contributed by atoms with van der Waals surface area (Å²) in [7, 11) is -7.33. The van der Waals surface area contributed by atoms with Gasteiger partial charge in [-0.2, -0.15) is 16.8 Å².